The molecule has 0 spiro atoms. The lowest BCUT2D eigenvalue weighted by Crippen LogP contribution is -2.67. The smallest absolute Gasteiger partial charge is 0.470 e. The number of carbonyl (C=O) groups is 4. The predicted molar refractivity (Wildman–Crippen MR) is 325 cm³/mol. The van der Waals surface area contributed by atoms with Gasteiger partial charge in [0.05, 0.1) is 32.2 Å². The lowest BCUT2D eigenvalue weighted by atomic mass is 9.95. The second kappa shape index (κ2) is 49.4. The van der Waals surface area contributed by atoms with Crippen molar-refractivity contribution in [2.24, 2.45) is 0 Å². The molecule has 0 radical (unpaired) electrons. The zero-order valence-electron chi connectivity index (χ0n) is 52.6. The van der Waals surface area contributed by atoms with E-state index in [4.69, 9.17) is 33.3 Å². The third-order valence-corrected chi connectivity index (χ3v) is 16.9. The van der Waals surface area contributed by atoms with Crippen molar-refractivity contribution in [2.75, 3.05) is 19.8 Å². The van der Waals surface area contributed by atoms with Crippen molar-refractivity contribution in [1.82, 2.24) is 10.6 Å². The number of carbonyl (C=O) groups excluding carboxylic acids is 3. The number of hydrogen-bond acceptors (Lipinski definition) is 16. The highest BCUT2D eigenvalue weighted by Crippen LogP contribution is 2.42. The second-order valence-corrected chi connectivity index (χ2v) is 25.3. The van der Waals surface area contributed by atoms with Crippen LogP contribution in [0.25, 0.3) is 0 Å². The molecule has 0 unspecified atom stereocenters. The average Bonchev–Trinajstić information content (AvgIpc) is 2.83. The van der Waals surface area contributed by atoms with Gasteiger partial charge in [0.1, 0.15) is 54.8 Å². The number of nitrogens with one attached hydrogen (secondary N) is 2. The molecule has 22 heteroatoms. The summed E-state index contributed by atoms with van der Waals surface area (Å²) in [5.74, 6) is -2.55. The molecule has 12 atom stereocenters. The molecule has 0 bridgehead atoms. The molecule has 500 valence electrons. The van der Waals surface area contributed by atoms with Crippen molar-refractivity contribution in [2.45, 2.75) is 358 Å². The van der Waals surface area contributed by atoms with Crippen LogP contribution in [0.5, 0.6) is 0 Å². The number of aliphatic carboxylic acids is 1. The minimum absolute atomic E-state index is 0.132. The summed E-state index contributed by atoms with van der Waals surface area (Å²) in [4.78, 5) is 71.3. The topological polar surface area (TPSA) is 327 Å². The van der Waals surface area contributed by atoms with Crippen LogP contribution in [0.3, 0.4) is 0 Å². The van der Waals surface area contributed by atoms with Gasteiger partial charge >= 0.3 is 19.8 Å². The van der Waals surface area contributed by atoms with Gasteiger partial charge in [-0.2, -0.15) is 0 Å². The Morgan fingerprint density at radius 1 is 0.506 bits per heavy atom. The number of aliphatic hydroxyl groups is 5. The van der Waals surface area contributed by atoms with Crippen molar-refractivity contribution in [1.29, 1.82) is 0 Å². The number of unbranched alkanes of at least 4 members (excludes halogenated alkanes) is 31. The predicted octanol–water partition coefficient (Wildman–Crippen LogP) is 10.4. The number of ether oxygens (including phenoxy) is 5. The first-order valence-electron chi connectivity index (χ1n) is 33.6. The fourth-order valence-corrected chi connectivity index (χ4v) is 11.8. The first kappa shape index (κ1) is 78.7. The minimum atomic E-state index is -5.33. The van der Waals surface area contributed by atoms with E-state index < -0.39 is 118 Å². The number of rotatable bonds is 55. The van der Waals surface area contributed by atoms with Crippen LogP contribution in [0.4, 0.5) is 0 Å². The molecule has 2 aliphatic heterocycles. The minimum Gasteiger partial charge on any atom is -0.481 e. The Bertz CT molecular complexity index is 1750. The number of aliphatic hydroxyl groups excluding tert-OH is 5. The largest absolute Gasteiger partial charge is 0.481 e. The van der Waals surface area contributed by atoms with E-state index in [2.05, 4.69) is 31.4 Å². The summed E-state index contributed by atoms with van der Waals surface area (Å²) in [6.07, 6.45) is 21.0. The molecule has 0 aromatic rings. The van der Waals surface area contributed by atoms with Gasteiger partial charge in [0.2, 0.25) is 11.8 Å². The molecule has 0 aromatic carbocycles. The van der Waals surface area contributed by atoms with Gasteiger partial charge in [-0.25, -0.2) is 4.57 Å². The molecule has 0 aromatic heterocycles. The van der Waals surface area contributed by atoms with Gasteiger partial charge in [-0.1, -0.05) is 220 Å². The van der Waals surface area contributed by atoms with Gasteiger partial charge < -0.3 is 74.7 Å². The second-order valence-electron chi connectivity index (χ2n) is 24.2. The number of hydrogen-bond donors (Lipinski definition) is 10. The Hall–Kier alpha value is -2.37. The normalized spacial score (nSPS) is 23.4. The van der Waals surface area contributed by atoms with Crippen molar-refractivity contribution in [3.05, 3.63) is 0 Å². The molecule has 10 N–H and O–H groups in total. The first-order valence-corrected chi connectivity index (χ1v) is 35.1. The fraction of sp³-hybridized carbons (Fsp3) is 0.937. The maximum absolute atomic E-state index is 14.1. The highest BCUT2D eigenvalue weighted by molar-refractivity contribution is 7.46. The van der Waals surface area contributed by atoms with Gasteiger partial charge in [-0.3, -0.25) is 23.7 Å². The summed E-state index contributed by atoms with van der Waals surface area (Å²) in [6, 6.07) is -2.93. The highest BCUT2D eigenvalue weighted by Gasteiger charge is 2.51. The van der Waals surface area contributed by atoms with Crippen LogP contribution in [-0.2, 0) is 52.0 Å². The maximum atomic E-state index is 14.1. The van der Waals surface area contributed by atoms with Crippen LogP contribution in [0.2, 0.25) is 0 Å². The van der Waals surface area contributed by atoms with E-state index in [1.54, 1.807) is 0 Å². The van der Waals surface area contributed by atoms with Crippen molar-refractivity contribution >= 4 is 31.6 Å². The Labute approximate surface area is 510 Å². The number of amides is 2. The lowest BCUT2D eigenvalue weighted by molar-refractivity contribution is -0.302. The van der Waals surface area contributed by atoms with E-state index in [1.807, 2.05) is 0 Å². The number of esters is 1. The molecular weight excluding hydrogens is 1120 g/mol. The highest BCUT2D eigenvalue weighted by atomic mass is 31.2. The van der Waals surface area contributed by atoms with E-state index in [-0.39, 0.29) is 32.3 Å². The van der Waals surface area contributed by atoms with Gasteiger partial charge in [0, 0.05) is 19.4 Å². The Balaban J connectivity index is 2.25. The van der Waals surface area contributed by atoms with Crippen molar-refractivity contribution < 1.29 is 92.4 Å². The van der Waals surface area contributed by atoms with Crippen molar-refractivity contribution in [3.63, 3.8) is 0 Å². The number of phosphoric acid groups is 1. The van der Waals surface area contributed by atoms with E-state index in [9.17, 15) is 59.1 Å². The molecule has 2 aliphatic rings. The van der Waals surface area contributed by atoms with Crippen LogP contribution in [0.15, 0.2) is 0 Å². The zero-order valence-corrected chi connectivity index (χ0v) is 53.5. The summed E-state index contributed by atoms with van der Waals surface area (Å²) in [6.45, 7) is 5.16. The summed E-state index contributed by atoms with van der Waals surface area (Å²) in [7, 11) is -5.33. The molecule has 2 heterocycles. The van der Waals surface area contributed by atoms with Crippen LogP contribution in [-0.4, -0.2) is 157 Å². The molecular formula is C63H119N2O19P. The number of carboxylic acids is 1. The van der Waals surface area contributed by atoms with Gasteiger partial charge in [0.25, 0.3) is 0 Å². The third kappa shape index (κ3) is 38.1. The fourth-order valence-electron chi connectivity index (χ4n) is 11.3. The van der Waals surface area contributed by atoms with E-state index >= 15 is 0 Å². The summed E-state index contributed by atoms with van der Waals surface area (Å²) >= 11 is 0. The summed E-state index contributed by atoms with van der Waals surface area (Å²) in [5, 5.41) is 70.4. The first-order chi connectivity index (χ1) is 40.9. The van der Waals surface area contributed by atoms with Crippen LogP contribution in [0.1, 0.15) is 284 Å². The van der Waals surface area contributed by atoms with E-state index in [1.165, 1.54) is 83.5 Å². The van der Waals surface area contributed by atoms with Gasteiger partial charge in [-0.15, -0.1) is 0 Å². The monoisotopic (exact) mass is 1240 g/mol. The third-order valence-electron chi connectivity index (χ3n) is 16.3. The summed E-state index contributed by atoms with van der Waals surface area (Å²) in [5.41, 5.74) is 0. The molecule has 2 saturated heterocycles. The molecule has 2 fully saturated rings. The Kier molecular flexibility index (Phi) is 45.8. The van der Waals surface area contributed by atoms with Crippen LogP contribution in [0, 0.1) is 0 Å². The van der Waals surface area contributed by atoms with Crippen LogP contribution >= 0.6 is 7.82 Å². The lowest BCUT2D eigenvalue weighted by Gasteiger charge is -2.45. The van der Waals surface area contributed by atoms with Crippen LogP contribution < -0.4 is 10.6 Å². The van der Waals surface area contributed by atoms with Gasteiger partial charge in [-0.05, 0) is 38.5 Å². The standard InChI is InChI=1S/C63H119N2O19P/c1-4-7-10-13-16-19-24-29-34-39-48(67)44-52(68)64-56-59(74)58(73)51(83-62(56)79-43-38-33-28-23-22-26-31-36-41-54(70)71)47-80-63-57(60(75)61(50(46-66)82-63)84-85(76,77)78)65-53(69)45-49(40-35-30-25-20-17-14-11-8-5-2)81-55(72)42-37-32-27-21-18-15-12-9-6-3/h48-51,56-63,66-67,73-75H,4-47H2,1-3H3,(H,64,68)(H,65,69)(H,70,71)(H2,76,77,78)/t48-,49-,50-,51-,56-,57-,58-,59-,60-,61-,62+,63-/m1/s1. The molecule has 2 amide bonds. The number of carboxylic acid groups (broad SMARTS) is 1. The SMILES string of the molecule is CCCCCCCCCCCC(=O)O[C@H](CCCCCCCCCCC)CC(=O)N[C@H]1[C@H](OC[C@H]2O[C@H](OCCCCCCCCCCC(=O)O)[C@H](NC(=O)C[C@H](O)CCCCCCCCCCC)[C@@H](O)[C@@H]2O)O[C@H](CO)[C@@H](OP(=O)(O)O)[C@@H]1O. The molecule has 85 heavy (non-hydrogen) atoms. The summed E-state index contributed by atoms with van der Waals surface area (Å²) < 4.78 is 47.4. The van der Waals surface area contributed by atoms with Crippen molar-refractivity contribution in [3.8, 4) is 0 Å². The van der Waals surface area contributed by atoms with E-state index in [0.717, 1.165) is 116 Å². The molecule has 0 aliphatic carbocycles. The average molecular weight is 1240 g/mol. The molecule has 0 saturated carbocycles. The quantitative estimate of drug-likeness (QED) is 0.0154. The molecule has 2 rings (SSSR count). The number of phosphoric ester groups is 1. The Morgan fingerprint density at radius 3 is 1.40 bits per heavy atom. The molecule has 21 nitrogen and oxygen atoms in total. The Morgan fingerprint density at radius 2 is 0.918 bits per heavy atom. The van der Waals surface area contributed by atoms with E-state index in [0.29, 0.717) is 38.5 Å². The van der Waals surface area contributed by atoms with Gasteiger partial charge in [0.15, 0.2) is 12.6 Å². The zero-order chi connectivity index (χ0) is 62.5. The maximum Gasteiger partial charge on any atom is 0.470 e.